The molecule has 4 atom stereocenters. The smallest absolute Gasteiger partial charge is 0.359 e. The maximum absolute atomic E-state index is 12.7. The van der Waals surface area contributed by atoms with Gasteiger partial charge in [0.05, 0.1) is 12.2 Å². The molecule has 2 aliphatic rings. The van der Waals surface area contributed by atoms with Crippen molar-refractivity contribution in [3.8, 4) is 0 Å². The number of aliphatic hydroxyl groups is 2. The van der Waals surface area contributed by atoms with Gasteiger partial charge in [0.1, 0.15) is 0 Å². The SMILES string of the molecule is O=C(C[C@@H]1CCC[C@](O)(C(F)(F)F)O1)c1ccc(Br)cc1.O=C(C[C@@H]1CCC[C@](O)(C(F)(F)F)O1)c1ccc(Br)cc1. The molecule has 2 fully saturated rings. The molecular weight excluding hydrogens is 706 g/mol. The van der Waals surface area contributed by atoms with Gasteiger partial charge in [-0.1, -0.05) is 56.1 Å². The topological polar surface area (TPSA) is 93.1 Å². The quantitative estimate of drug-likeness (QED) is 0.234. The van der Waals surface area contributed by atoms with Crippen molar-refractivity contribution in [1.29, 1.82) is 0 Å². The van der Waals surface area contributed by atoms with Crippen LogP contribution < -0.4 is 0 Å². The van der Waals surface area contributed by atoms with Gasteiger partial charge < -0.3 is 19.7 Å². The molecule has 2 aromatic carbocycles. The summed E-state index contributed by atoms with van der Waals surface area (Å²) < 4.78 is 87.6. The maximum Gasteiger partial charge on any atom is 0.443 e. The Morgan fingerprint density at radius 3 is 1.29 bits per heavy atom. The van der Waals surface area contributed by atoms with Crippen LogP contribution >= 0.6 is 31.9 Å². The minimum atomic E-state index is -4.85. The van der Waals surface area contributed by atoms with Crippen molar-refractivity contribution in [3.63, 3.8) is 0 Å². The Labute approximate surface area is 254 Å². The minimum absolute atomic E-state index is 0.161. The lowest BCUT2D eigenvalue weighted by atomic mass is 9.96. The van der Waals surface area contributed by atoms with Gasteiger partial charge in [0.2, 0.25) is 0 Å². The summed E-state index contributed by atoms with van der Waals surface area (Å²) in [5.74, 6) is -6.90. The second kappa shape index (κ2) is 13.9. The van der Waals surface area contributed by atoms with E-state index in [1.165, 1.54) is 0 Å². The standard InChI is InChI=1S/2C14H14BrF3O3/c2*15-10-5-3-9(4-6-10)12(19)8-11-2-1-7-13(20,21-11)14(16,17)18/h2*3-6,11,20H,1-2,7-8H2/t2*11-,13+/m00/s1. The Morgan fingerprint density at radius 2 is 1.00 bits per heavy atom. The molecule has 0 aliphatic carbocycles. The van der Waals surface area contributed by atoms with Crippen LogP contribution in [0.4, 0.5) is 26.3 Å². The molecule has 2 aromatic rings. The van der Waals surface area contributed by atoms with Crippen LogP contribution in [0.5, 0.6) is 0 Å². The zero-order valence-electron chi connectivity index (χ0n) is 22.0. The van der Waals surface area contributed by atoms with Crippen molar-refractivity contribution in [2.24, 2.45) is 0 Å². The van der Waals surface area contributed by atoms with E-state index < -0.39 is 49.0 Å². The van der Waals surface area contributed by atoms with Crippen molar-refractivity contribution >= 4 is 43.4 Å². The number of Topliss-reactive ketones (excluding diaryl/α,β-unsaturated/α-hetero) is 2. The van der Waals surface area contributed by atoms with Gasteiger partial charge in [0, 0.05) is 45.8 Å². The zero-order valence-corrected chi connectivity index (χ0v) is 25.2. The van der Waals surface area contributed by atoms with E-state index >= 15 is 0 Å². The number of hydrogen-bond donors (Lipinski definition) is 2. The number of hydrogen-bond acceptors (Lipinski definition) is 6. The fourth-order valence-electron chi connectivity index (χ4n) is 4.55. The second-order valence-corrected chi connectivity index (χ2v) is 11.9. The van der Waals surface area contributed by atoms with Gasteiger partial charge in [-0.15, -0.1) is 0 Å². The molecule has 0 unspecified atom stereocenters. The van der Waals surface area contributed by atoms with Gasteiger partial charge >= 0.3 is 12.4 Å². The van der Waals surface area contributed by atoms with Crippen LogP contribution in [0.2, 0.25) is 0 Å². The molecule has 232 valence electrons. The number of carbonyl (C=O) groups excluding carboxylic acids is 2. The first kappa shape index (κ1) is 34.6. The lowest BCUT2D eigenvalue weighted by Gasteiger charge is -2.37. The average molecular weight is 734 g/mol. The highest BCUT2D eigenvalue weighted by molar-refractivity contribution is 9.10. The summed E-state index contributed by atoms with van der Waals surface area (Å²) in [6.45, 7) is 0. The van der Waals surface area contributed by atoms with Gasteiger partial charge in [-0.25, -0.2) is 0 Å². The van der Waals surface area contributed by atoms with Gasteiger partial charge in [0.25, 0.3) is 11.6 Å². The molecule has 2 aliphatic heterocycles. The van der Waals surface area contributed by atoms with Crippen molar-refractivity contribution in [2.45, 2.75) is 87.5 Å². The Bertz CT molecular complexity index is 1130. The van der Waals surface area contributed by atoms with Crippen LogP contribution in [-0.4, -0.2) is 57.9 Å². The number of carbonyl (C=O) groups is 2. The Hall–Kier alpha value is -1.84. The lowest BCUT2D eigenvalue weighted by molar-refractivity contribution is -0.388. The zero-order chi connectivity index (χ0) is 31.3. The summed E-state index contributed by atoms with van der Waals surface area (Å²) in [7, 11) is 0. The van der Waals surface area contributed by atoms with Crippen molar-refractivity contribution in [1.82, 2.24) is 0 Å². The number of ether oxygens (including phenoxy) is 2. The van der Waals surface area contributed by atoms with Crippen LogP contribution in [0.15, 0.2) is 57.5 Å². The lowest BCUT2D eigenvalue weighted by Crippen LogP contribution is -2.52. The van der Waals surface area contributed by atoms with E-state index in [0.717, 1.165) is 8.95 Å². The summed E-state index contributed by atoms with van der Waals surface area (Å²) in [5, 5.41) is 19.1. The van der Waals surface area contributed by atoms with Crippen LogP contribution in [-0.2, 0) is 9.47 Å². The monoisotopic (exact) mass is 732 g/mol. The predicted molar refractivity (Wildman–Crippen MR) is 146 cm³/mol. The van der Waals surface area contributed by atoms with Crippen LogP contribution in [0.25, 0.3) is 0 Å². The molecule has 4 rings (SSSR count). The van der Waals surface area contributed by atoms with Crippen LogP contribution in [0, 0.1) is 0 Å². The van der Waals surface area contributed by atoms with Crippen molar-refractivity contribution in [3.05, 3.63) is 68.6 Å². The first-order valence-corrected chi connectivity index (χ1v) is 14.5. The van der Waals surface area contributed by atoms with E-state index in [1.54, 1.807) is 48.5 Å². The number of halogens is 8. The molecule has 6 nitrogen and oxygen atoms in total. The fraction of sp³-hybridized carbons (Fsp3) is 0.500. The third-order valence-electron chi connectivity index (χ3n) is 6.85. The van der Waals surface area contributed by atoms with Crippen LogP contribution in [0.1, 0.15) is 72.1 Å². The normalized spacial score (nSPS) is 26.6. The minimum Gasteiger partial charge on any atom is -0.359 e. The van der Waals surface area contributed by atoms with Crippen molar-refractivity contribution < 1.29 is 55.6 Å². The van der Waals surface area contributed by atoms with Gasteiger partial charge in [-0.2, -0.15) is 26.3 Å². The third kappa shape index (κ3) is 9.08. The third-order valence-corrected chi connectivity index (χ3v) is 7.91. The molecule has 0 amide bonds. The molecule has 0 radical (unpaired) electrons. The summed E-state index contributed by atoms with van der Waals surface area (Å²) >= 11 is 6.47. The van der Waals surface area contributed by atoms with E-state index in [1.807, 2.05) is 0 Å². The summed E-state index contributed by atoms with van der Waals surface area (Å²) in [4.78, 5) is 24.1. The number of benzene rings is 2. The molecule has 14 heteroatoms. The highest BCUT2D eigenvalue weighted by Crippen LogP contribution is 2.42. The molecule has 0 spiro atoms. The van der Waals surface area contributed by atoms with Gasteiger partial charge in [0.15, 0.2) is 11.6 Å². The molecule has 2 saturated heterocycles. The number of alkyl halides is 6. The maximum atomic E-state index is 12.7. The highest BCUT2D eigenvalue weighted by atomic mass is 79.9. The van der Waals surface area contributed by atoms with Crippen molar-refractivity contribution in [2.75, 3.05) is 0 Å². The van der Waals surface area contributed by atoms with Gasteiger partial charge in [-0.05, 0) is 49.9 Å². The number of ketones is 2. The molecular formula is C28H28Br2F6O6. The summed E-state index contributed by atoms with van der Waals surface area (Å²) in [6.07, 6.45) is -12.0. The van der Waals surface area contributed by atoms with Gasteiger partial charge in [-0.3, -0.25) is 9.59 Å². The second-order valence-electron chi connectivity index (χ2n) is 10.1. The first-order chi connectivity index (χ1) is 19.4. The van der Waals surface area contributed by atoms with Crippen LogP contribution in [0.3, 0.4) is 0 Å². The van der Waals surface area contributed by atoms with E-state index in [-0.39, 0.29) is 37.2 Å². The Kier molecular flexibility index (Phi) is 11.4. The molecule has 42 heavy (non-hydrogen) atoms. The Morgan fingerprint density at radius 1 is 0.690 bits per heavy atom. The summed E-state index contributed by atoms with van der Waals surface area (Å²) in [5.41, 5.74) is 0.811. The van der Waals surface area contributed by atoms with E-state index in [2.05, 4.69) is 31.9 Å². The van der Waals surface area contributed by atoms with E-state index in [9.17, 15) is 46.1 Å². The average Bonchev–Trinajstić information content (AvgIpc) is 2.89. The molecule has 2 heterocycles. The summed E-state index contributed by atoms with van der Waals surface area (Å²) in [6, 6.07) is 13.1. The fourth-order valence-corrected chi connectivity index (χ4v) is 5.08. The molecule has 0 saturated carbocycles. The molecule has 0 aromatic heterocycles. The largest absolute Gasteiger partial charge is 0.443 e. The molecule has 2 N–H and O–H groups in total. The highest BCUT2D eigenvalue weighted by Gasteiger charge is 2.58. The first-order valence-electron chi connectivity index (χ1n) is 12.9. The number of rotatable bonds is 6. The van der Waals surface area contributed by atoms with E-state index in [4.69, 9.17) is 9.47 Å². The van der Waals surface area contributed by atoms with E-state index in [0.29, 0.717) is 24.0 Å². The molecule has 0 bridgehead atoms. The Balaban J connectivity index is 0.000000230. The predicted octanol–water partition coefficient (Wildman–Crippen LogP) is 7.68.